The van der Waals surface area contributed by atoms with E-state index in [-0.39, 0.29) is 17.3 Å². The third-order valence-corrected chi connectivity index (χ3v) is 5.38. The Labute approximate surface area is 113 Å². The summed E-state index contributed by atoms with van der Waals surface area (Å²) in [5.74, 6) is 1.72. The molecule has 4 bridgehead atoms. The van der Waals surface area contributed by atoms with E-state index in [0.29, 0.717) is 0 Å². The molecule has 1 amide bonds. The fourth-order valence-electron chi connectivity index (χ4n) is 4.85. The number of amidine groups is 1. The highest BCUT2D eigenvalue weighted by atomic mass is 16.4. The van der Waals surface area contributed by atoms with Crippen molar-refractivity contribution in [3.63, 3.8) is 0 Å². The van der Waals surface area contributed by atoms with Crippen LogP contribution in [0.25, 0.3) is 0 Å². The minimum atomic E-state index is -0.557. The van der Waals surface area contributed by atoms with E-state index in [0.717, 1.165) is 37.0 Å². The number of rotatable bonds is 3. The van der Waals surface area contributed by atoms with Gasteiger partial charge in [0.05, 0.1) is 5.92 Å². The zero-order chi connectivity index (χ0) is 13.6. The van der Waals surface area contributed by atoms with Crippen molar-refractivity contribution < 1.29 is 10.0 Å². The maximum Gasteiger partial charge on any atom is 0.230 e. The molecule has 0 radical (unpaired) electrons. The number of hydrogen-bond donors (Lipinski definition) is 3. The van der Waals surface area contributed by atoms with Crippen LogP contribution in [0.2, 0.25) is 0 Å². The number of nitrogens with zero attached hydrogens (tertiary/aromatic N) is 1. The van der Waals surface area contributed by atoms with Crippen LogP contribution in [0.3, 0.4) is 0 Å². The highest BCUT2D eigenvalue weighted by Crippen LogP contribution is 2.55. The minimum absolute atomic E-state index is 0.00414. The Morgan fingerprint density at radius 1 is 1.26 bits per heavy atom. The first-order valence-electron chi connectivity index (χ1n) is 7.31. The molecule has 4 fully saturated rings. The van der Waals surface area contributed by atoms with Crippen LogP contribution in [0.15, 0.2) is 5.16 Å². The van der Waals surface area contributed by atoms with Gasteiger partial charge in [0.2, 0.25) is 5.91 Å². The number of hydrogen-bond acceptors (Lipinski definition) is 3. The summed E-state index contributed by atoms with van der Waals surface area (Å²) >= 11 is 0. The molecule has 106 valence electrons. The van der Waals surface area contributed by atoms with Gasteiger partial charge in [-0.05, 0) is 63.2 Å². The average Bonchev–Trinajstić information content (AvgIpc) is 2.34. The van der Waals surface area contributed by atoms with E-state index in [1.807, 2.05) is 0 Å². The van der Waals surface area contributed by atoms with E-state index in [1.54, 1.807) is 6.92 Å². The van der Waals surface area contributed by atoms with Crippen molar-refractivity contribution in [2.24, 2.45) is 34.6 Å². The van der Waals surface area contributed by atoms with Crippen molar-refractivity contribution >= 4 is 11.7 Å². The summed E-state index contributed by atoms with van der Waals surface area (Å²) in [5, 5.41) is 14.8. The van der Waals surface area contributed by atoms with Crippen LogP contribution < -0.4 is 11.1 Å². The summed E-state index contributed by atoms with van der Waals surface area (Å²) in [4.78, 5) is 12.2. The van der Waals surface area contributed by atoms with E-state index in [4.69, 9.17) is 10.9 Å². The lowest BCUT2D eigenvalue weighted by Crippen LogP contribution is -2.61. The number of nitrogens with one attached hydrogen (secondary N) is 1. The molecule has 4 saturated carbocycles. The van der Waals surface area contributed by atoms with Crippen LogP contribution in [0.4, 0.5) is 0 Å². The zero-order valence-corrected chi connectivity index (χ0v) is 11.4. The maximum absolute atomic E-state index is 12.2. The Hall–Kier alpha value is -1.26. The molecule has 1 unspecified atom stereocenters. The van der Waals surface area contributed by atoms with Gasteiger partial charge in [0, 0.05) is 5.54 Å². The van der Waals surface area contributed by atoms with Gasteiger partial charge < -0.3 is 16.3 Å². The molecular weight excluding hydrogens is 242 g/mol. The third kappa shape index (κ3) is 2.19. The van der Waals surface area contributed by atoms with Crippen LogP contribution in [0.5, 0.6) is 0 Å². The summed E-state index contributed by atoms with van der Waals surface area (Å²) in [6, 6.07) is 0. The van der Waals surface area contributed by atoms with Crippen molar-refractivity contribution in [1.82, 2.24) is 5.32 Å². The monoisotopic (exact) mass is 265 g/mol. The number of carbonyl (C=O) groups excluding carboxylic acids is 1. The van der Waals surface area contributed by atoms with Gasteiger partial charge in [-0.25, -0.2) is 0 Å². The van der Waals surface area contributed by atoms with Gasteiger partial charge in [-0.15, -0.1) is 0 Å². The summed E-state index contributed by atoms with van der Waals surface area (Å²) in [6.45, 7) is 1.69. The molecule has 5 heteroatoms. The smallest absolute Gasteiger partial charge is 0.230 e. The predicted octanol–water partition coefficient (Wildman–Crippen LogP) is 1.45. The first-order chi connectivity index (χ1) is 9.01. The second kappa shape index (κ2) is 4.39. The van der Waals surface area contributed by atoms with Crippen LogP contribution in [-0.4, -0.2) is 22.5 Å². The van der Waals surface area contributed by atoms with Gasteiger partial charge in [0.15, 0.2) is 5.84 Å². The number of oxime groups is 1. The van der Waals surface area contributed by atoms with Crippen molar-refractivity contribution in [2.45, 2.75) is 51.0 Å². The van der Waals surface area contributed by atoms with Crippen molar-refractivity contribution in [1.29, 1.82) is 0 Å². The molecule has 0 spiro atoms. The van der Waals surface area contributed by atoms with Crippen LogP contribution in [-0.2, 0) is 4.79 Å². The molecule has 4 rings (SSSR count). The molecular formula is C14H23N3O2. The van der Waals surface area contributed by atoms with Crippen molar-refractivity contribution in [2.75, 3.05) is 0 Å². The van der Waals surface area contributed by atoms with Gasteiger partial charge in [0.1, 0.15) is 0 Å². The van der Waals surface area contributed by atoms with E-state index in [2.05, 4.69) is 10.5 Å². The molecule has 19 heavy (non-hydrogen) atoms. The zero-order valence-electron chi connectivity index (χ0n) is 11.4. The van der Waals surface area contributed by atoms with Crippen molar-refractivity contribution in [3.8, 4) is 0 Å². The lowest BCUT2D eigenvalue weighted by Gasteiger charge is -2.57. The number of carbonyl (C=O) groups is 1. The Bertz CT molecular complexity index is 384. The predicted molar refractivity (Wildman–Crippen MR) is 71.6 cm³/mol. The molecule has 5 nitrogen and oxygen atoms in total. The highest BCUT2D eigenvalue weighted by Gasteiger charge is 2.51. The Morgan fingerprint density at radius 2 is 1.74 bits per heavy atom. The molecule has 0 aromatic heterocycles. The van der Waals surface area contributed by atoms with E-state index in [1.165, 1.54) is 19.3 Å². The Kier molecular flexibility index (Phi) is 2.95. The molecule has 0 aromatic carbocycles. The largest absolute Gasteiger partial charge is 0.409 e. The second-order valence-electron chi connectivity index (χ2n) is 6.93. The van der Waals surface area contributed by atoms with Gasteiger partial charge in [-0.3, -0.25) is 4.79 Å². The first kappa shape index (κ1) is 12.8. The minimum Gasteiger partial charge on any atom is -0.409 e. The summed E-state index contributed by atoms with van der Waals surface area (Å²) in [7, 11) is 0. The number of amides is 1. The summed E-state index contributed by atoms with van der Waals surface area (Å²) < 4.78 is 0. The molecule has 0 saturated heterocycles. The normalized spacial score (nSPS) is 42.2. The SMILES string of the molecule is CC(C(=O)NC12CC3CC(CC(C3)C1)C2)C(N)=NO. The average molecular weight is 265 g/mol. The molecule has 0 heterocycles. The highest BCUT2D eigenvalue weighted by molar-refractivity contribution is 6.01. The molecule has 4 aliphatic carbocycles. The van der Waals surface area contributed by atoms with Crippen LogP contribution >= 0.6 is 0 Å². The van der Waals surface area contributed by atoms with E-state index >= 15 is 0 Å². The molecule has 0 aliphatic heterocycles. The quantitative estimate of drug-likeness (QED) is 0.312. The second-order valence-corrected chi connectivity index (χ2v) is 6.93. The molecule has 1 atom stereocenters. The number of nitrogens with two attached hydrogens (primary N) is 1. The van der Waals surface area contributed by atoms with Crippen molar-refractivity contribution in [3.05, 3.63) is 0 Å². The van der Waals surface area contributed by atoms with Gasteiger partial charge >= 0.3 is 0 Å². The fourth-order valence-corrected chi connectivity index (χ4v) is 4.85. The Balaban J connectivity index is 1.71. The molecule has 0 aromatic rings. The molecule has 4 N–H and O–H groups in total. The standard InChI is InChI=1S/C14H23N3O2/c1-8(12(15)17-19)13(18)16-14-5-9-2-10(6-14)4-11(3-9)7-14/h8-11,19H,2-7H2,1H3,(H2,15,17)(H,16,18). The lowest BCUT2D eigenvalue weighted by atomic mass is 9.53. The summed E-state index contributed by atoms with van der Waals surface area (Å²) in [6.07, 6.45) is 7.41. The topological polar surface area (TPSA) is 87.7 Å². The van der Waals surface area contributed by atoms with Crippen LogP contribution in [0.1, 0.15) is 45.4 Å². The summed E-state index contributed by atoms with van der Waals surface area (Å²) in [5.41, 5.74) is 5.52. The van der Waals surface area contributed by atoms with Gasteiger partial charge in [-0.2, -0.15) is 0 Å². The van der Waals surface area contributed by atoms with Crippen LogP contribution in [0, 0.1) is 23.7 Å². The lowest BCUT2D eigenvalue weighted by molar-refractivity contribution is -0.128. The Morgan fingerprint density at radius 3 is 2.16 bits per heavy atom. The first-order valence-corrected chi connectivity index (χ1v) is 7.31. The maximum atomic E-state index is 12.2. The van der Waals surface area contributed by atoms with Gasteiger partial charge in [0.25, 0.3) is 0 Å². The third-order valence-electron chi connectivity index (χ3n) is 5.38. The van der Waals surface area contributed by atoms with Gasteiger partial charge in [-0.1, -0.05) is 5.16 Å². The van der Waals surface area contributed by atoms with E-state index < -0.39 is 5.92 Å². The fraction of sp³-hybridized carbons (Fsp3) is 0.857. The van der Waals surface area contributed by atoms with E-state index in [9.17, 15) is 4.79 Å². The molecule has 4 aliphatic rings.